The number of halogens is 1. The van der Waals surface area contributed by atoms with E-state index in [9.17, 15) is 4.39 Å². The summed E-state index contributed by atoms with van der Waals surface area (Å²) in [6.45, 7) is -0.126. The number of alkyl halides is 1. The molecule has 66 valence electrons. The molecule has 1 aromatic heterocycles. The Morgan fingerprint density at radius 1 is 1.42 bits per heavy atom. The second-order valence-electron chi connectivity index (χ2n) is 2.15. The lowest BCUT2D eigenvalue weighted by atomic mass is 10.5. The number of hydrogen-bond donors (Lipinski definition) is 2. The van der Waals surface area contributed by atoms with Gasteiger partial charge in [-0.2, -0.15) is 0 Å². The smallest absolute Gasteiger partial charge is 0.131 e. The molecule has 1 rings (SSSR count). The zero-order valence-corrected chi connectivity index (χ0v) is 6.84. The Labute approximate surface area is 70.2 Å². The molecular weight excluding hydrogens is 159 g/mol. The first-order valence-electron chi connectivity index (χ1n) is 3.66. The van der Waals surface area contributed by atoms with Crippen molar-refractivity contribution < 1.29 is 4.39 Å². The van der Waals surface area contributed by atoms with E-state index in [4.69, 9.17) is 0 Å². The van der Waals surface area contributed by atoms with Crippen molar-refractivity contribution in [3.8, 4) is 0 Å². The van der Waals surface area contributed by atoms with E-state index in [1.807, 2.05) is 0 Å². The predicted molar refractivity (Wildman–Crippen MR) is 46.0 cm³/mol. The van der Waals surface area contributed by atoms with E-state index < -0.39 is 6.67 Å². The van der Waals surface area contributed by atoms with Crippen LogP contribution < -0.4 is 10.6 Å². The van der Waals surface area contributed by atoms with Gasteiger partial charge in [0.2, 0.25) is 0 Å². The molecule has 0 aromatic carbocycles. The first-order chi connectivity index (χ1) is 5.86. The Kier molecular flexibility index (Phi) is 3.25. The second kappa shape index (κ2) is 4.48. The molecule has 0 saturated heterocycles. The average Bonchev–Trinajstić information content (AvgIpc) is 2.15. The van der Waals surface area contributed by atoms with E-state index in [-0.39, 0.29) is 6.54 Å². The van der Waals surface area contributed by atoms with Gasteiger partial charge in [0, 0.05) is 19.7 Å². The zero-order valence-electron chi connectivity index (χ0n) is 6.84. The van der Waals surface area contributed by atoms with Crippen molar-refractivity contribution in [2.45, 2.75) is 0 Å². The molecule has 12 heavy (non-hydrogen) atoms. The molecule has 0 saturated carbocycles. The summed E-state index contributed by atoms with van der Waals surface area (Å²) in [6, 6.07) is 1.72. The summed E-state index contributed by atoms with van der Waals surface area (Å²) in [5.74, 6) is 1.35. The van der Waals surface area contributed by atoms with Crippen molar-refractivity contribution >= 4 is 11.6 Å². The molecule has 0 aliphatic carbocycles. The number of anilines is 2. The maximum absolute atomic E-state index is 11.7. The number of nitrogens with zero attached hydrogens (tertiary/aromatic N) is 2. The van der Waals surface area contributed by atoms with Crippen LogP contribution in [-0.4, -0.2) is 30.2 Å². The van der Waals surface area contributed by atoms with Crippen molar-refractivity contribution in [1.82, 2.24) is 9.97 Å². The molecule has 1 heterocycles. The first kappa shape index (κ1) is 8.70. The van der Waals surface area contributed by atoms with Crippen LogP contribution in [-0.2, 0) is 0 Å². The SMILES string of the molecule is CNc1cc(NCCF)ncn1. The summed E-state index contributed by atoms with van der Waals surface area (Å²) in [4.78, 5) is 7.81. The van der Waals surface area contributed by atoms with E-state index in [1.165, 1.54) is 6.33 Å². The number of nitrogens with one attached hydrogen (secondary N) is 2. The molecule has 1 aromatic rings. The highest BCUT2D eigenvalue weighted by atomic mass is 19.1. The predicted octanol–water partition coefficient (Wildman–Crippen LogP) is 0.900. The van der Waals surface area contributed by atoms with E-state index in [1.54, 1.807) is 13.1 Å². The molecule has 0 aliphatic heterocycles. The summed E-state index contributed by atoms with van der Waals surface area (Å²) in [5.41, 5.74) is 0. The van der Waals surface area contributed by atoms with Crippen LogP contribution in [0, 0.1) is 0 Å². The topological polar surface area (TPSA) is 49.8 Å². The molecule has 5 heteroatoms. The van der Waals surface area contributed by atoms with Gasteiger partial charge in [0.1, 0.15) is 24.6 Å². The van der Waals surface area contributed by atoms with Gasteiger partial charge < -0.3 is 10.6 Å². The quantitative estimate of drug-likeness (QED) is 0.704. The summed E-state index contributed by atoms with van der Waals surface area (Å²) in [5, 5.41) is 5.66. The van der Waals surface area contributed by atoms with Crippen LogP contribution in [0.4, 0.5) is 16.0 Å². The van der Waals surface area contributed by atoms with Crippen molar-refractivity contribution in [2.75, 3.05) is 30.9 Å². The third kappa shape index (κ3) is 2.34. The highest BCUT2D eigenvalue weighted by Gasteiger charge is 1.94. The molecular formula is C7H11FN4. The fourth-order valence-electron chi connectivity index (χ4n) is 0.766. The van der Waals surface area contributed by atoms with Gasteiger partial charge in [0.05, 0.1) is 0 Å². The lowest BCUT2D eigenvalue weighted by Gasteiger charge is -2.03. The first-order valence-corrected chi connectivity index (χ1v) is 3.66. The van der Waals surface area contributed by atoms with Gasteiger partial charge >= 0.3 is 0 Å². The van der Waals surface area contributed by atoms with Gasteiger partial charge in [-0.3, -0.25) is 0 Å². The van der Waals surface area contributed by atoms with Crippen molar-refractivity contribution in [2.24, 2.45) is 0 Å². The minimum atomic E-state index is -0.404. The third-order valence-electron chi connectivity index (χ3n) is 1.32. The number of rotatable bonds is 4. The molecule has 0 unspecified atom stereocenters. The van der Waals surface area contributed by atoms with Crippen LogP contribution in [0.15, 0.2) is 12.4 Å². The van der Waals surface area contributed by atoms with Gasteiger partial charge in [0.25, 0.3) is 0 Å². The van der Waals surface area contributed by atoms with Crippen LogP contribution in [0.2, 0.25) is 0 Å². The minimum Gasteiger partial charge on any atom is -0.373 e. The second-order valence-corrected chi connectivity index (χ2v) is 2.15. The average molecular weight is 170 g/mol. The van der Waals surface area contributed by atoms with Gasteiger partial charge in [0.15, 0.2) is 0 Å². The van der Waals surface area contributed by atoms with Crippen molar-refractivity contribution in [3.05, 3.63) is 12.4 Å². The summed E-state index contributed by atoms with van der Waals surface area (Å²) >= 11 is 0. The normalized spacial score (nSPS) is 9.50. The van der Waals surface area contributed by atoms with Gasteiger partial charge in [-0.25, -0.2) is 14.4 Å². The summed E-state index contributed by atoms with van der Waals surface area (Å²) in [7, 11) is 1.77. The zero-order chi connectivity index (χ0) is 8.81. The monoisotopic (exact) mass is 170 g/mol. The highest BCUT2D eigenvalue weighted by molar-refractivity contribution is 5.45. The van der Waals surface area contributed by atoms with Gasteiger partial charge in [-0.1, -0.05) is 0 Å². The standard InChI is InChI=1S/C7H11FN4/c1-9-6-4-7(10-3-2-8)12-5-11-6/h4-5H,2-3H2,1H3,(H2,9,10,11,12). The Hall–Kier alpha value is -1.39. The fourth-order valence-corrected chi connectivity index (χ4v) is 0.766. The molecule has 4 nitrogen and oxygen atoms in total. The van der Waals surface area contributed by atoms with E-state index in [2.05, 4.69) is 20.6 Å². The van der Waals surface area contributed by atoms with Crippen LogP contribution in [0.1, 0.15) is 0 Å². The van der Waals surface area contributed by atoms with Gasteiger partial charge in [-0.05, 0) is 0 Å². The molecule has 2 N–H and O–H groups in total. The molecule has 0 amide bonds. The number of aromatic nitrogens is 2. The minimum absolute atomic E-state index is 0.278. The molecule has 0 spiro atoms. The van der Waals surface area contributed by atoms with E-state index in [0.29, 0.717) is 11.6 Å². The van der Waals surface area contributed by atoms with Crippen LogP contribution >= 0.6 is 0 Å². The molecule has 0 aliphatic rings. The Balaban J connectivity index is 2.60. The third-order valence-corrected chi connectivity index (χ3v) is 1.32. The summed E-state index contributed by atoms with van der Waals surface area (Å²) in [6.07, 6.45) is 1.42. The Morgan fingerprint density at radius 2 is 2.17 bits per heavy atom. The van der Waals surface area contributed by atoms with E-state index >= 15 is 0 Å². The van der Waals surface area contributed by atoms with Crippen LogP contribution in [0.3, 0.4) is 0 Å². The van der Waals surface area contributed by atoms with Gasteiger partial charge in [-0.15, -0.1) is 0 Å². The highest BCUT2D eigenvalue weighted by Crippen LogP contribution is 2.06. The van der Waals surface area contributed by atoms with E-state index in [0.717, 1.165) is 0 Å². The number of hydrogen-bond acceptors (Lipinski definition) is 4. The Bertz CT molecular complexity index is 241. The molecule has 0 radical (unpaired) electrons. The van der Waals surface area contributed by atoms with Crippen molar-refractivity contribution in [1.29, 1.82) is 0 Å². The lowest BCUT2D eigenvalue weighted by Crippen LogP contribution is -2.05. The maximum atomic E-state index is 11.7. The fraction of sp³-hybridized carbons (Fsp3) is 0.429. The lowest BCUT2D eigenvalue weighted by molar-refractivity contribution is 0.512. The Morgan fingerprint density at radius 3 is 2.83 bits per heavy atom. The molecule has 0 bridgehead atoms. The summed E-state index contributed by atoms with van der Waals surface area (Å²) < 4.78 is 11.7. The van der Waals surface area contributed by atoms with Crippen LogP contribution in [0.25, 0.3) is 0 Å². The van der Waals surface area contributed by atoms with Crippen molar-refractivity contribution in [3.63, 3.8) is 0 Å². The van der Waals surface area contributed by atoms with Crippen LogP contribution in [0.5, 0.6) is 0 Å². The molecule has 0 atom stereocenters. The molecule has 0 fully saturated rings. The maximum Gasteiger partial charge on any atom is 0.131 e. The largest absolute Gasteiger partial charge is 0.373 e.